The first-order valence-corrected chi connectivity index (χ1v) is 11.5. The number of carboxylic acids is 1. The van der Waals surface area contributed by atoms with Crippen LogP contribution >= 0.6 is 0 Å². The van der Waals surface area contributed by atoms with Crippen molar-refractivity contribution in [2.75, 3.05) is 5.32 Å². The summed E-state index contributed by atoms with van der Waals surface area (Å²) in [7, 11) is 0. The average molecular weight is 464 g/mol. The lowest BCUT2D eigenvalue weighted by atomic mass is 9.75. The highest BCUT2D eigenvalue weighted by atomic mass is 16.5. The van der Waals surface area contributed by atoms with Crippen molar-refractivity contribution in [3.05, 3.63) is 120 Å². The summed E-state index contributed by atoms with van der Waals surface area (Å²) in [5.74, 6) is 0.197. The molecule has 2 aromatic carbocycles. The third-order valence-corrected chi connectivity index (χ3v) is 6.19. The summed E-state index contributed by atoms with van der Waals surface area (Å²) >= 11 is 0. The summed E-state index contributed by atoms with van der Waals surface area (Å²) in [6, 6.07) is 25.7. The van der Waals surface area contributed by atoms with E-state index in [2.05, 4.69) is 22.6 Å². The van der Waals surface area contributed by atoms with E-state index in [0.717, 1.165) is 16.8 Å². The second kappa shape index (κ2) is 9.43. The highest BCUT2D eigenvalue weighted by Crippen LogP contribution is 2.42. The fraction of sp³-hybridized carbons (Fsp3) is 0.138. The molecule has 0 radical (unpaired) electrons. The van der Waals surface area contributed by atoms with E-state index >= 15 is 0 Å². The Morgan fingerprint density at radius 3 is 2.34 bits per heavy atom. The second-order valence-corrected chi connectivity index (χ2v) is 8.64. The fourth-order valence-electron chi connectivity index (χ4n) is 4.40. The third-order valence-electron chi connectivity index (χ3n) is 6.19. The van der Waals surface area contributed by atoms with Gasteiger partial charge in [-0.1, -0.05) is 96.2 Å². The molecule has 2 N–H and O–H groups in total. The van der Waals surface area contributed by atoms with Crippen LogP contribution in [0, 0.1) is 6.92 Å². The highest BCUT2D eigenvalue weighted by molar-refractivity contribution is 5.74. The Hall–Kier alpha value is -4.45. The van der Waals surface area contributed by atoms with Gasteiger partial charge in [-0.15, -0.1) is 0 Å². The molecule has 1 aliphatic rings. The molecule has 0 amide bonds. The number of aliphatic carboxylic acids is 1. The molecule has 0 unspecified atom stereocenters. The molecule has 2 aromatic heterocycles. The van der Waals surface area contributed by atoms with Crippen LogP contribution in [0.1, 0.15) is 29.4 Å². The number of allylic oxidation sites excluding steroid dienone is 4. The van der Waals surface area contributed by atoms with Gasteiger partial charge in [0.25, 0.3) is 0 Å². The Balaban J connectivity index is 1.50. The molecule has 0 spiro atoms. The van der Waals surface area contributed by atoms with Crippen LogP contribution in [0.25, 0.3) is 11.3 Å². The maximum absolute atomic E-state index is 11.9. The van der Waals surface area contributed by atoms with Crippen LogP contribution in [0.15, 0.2) is 108 Å². The molecule has 0 fully saturated rings. The van der Waals surface area contributed by atoms with Crippen LogP contribution in [-0.2, 0) is 10.2 Å². The first kappa shape index (κ1) is 22.3. The van der Waals surface area contributed by atoms with Gasteiger partial charge < -0.3 is 14.9 Å². The van der Waals surface area contributed by atoms with Crippen molar-refractivity contribution >= 4 is 17.5 Å². The second-order valence-electron chi connectivity index (χ2n) is 8.64. The van der Waals surface area contributed by atoms with E-state index in [4.69, 9.17) is 9.51 Å². The van der Waals surface area contributed by atoms with E-state index in [0.29, 0.717) is 23.0 Å². The lowest BCUT2D eigenvalue weighted by molar-refractivity contribution is -0.137. The molecule has 0 saturated carbocycles. The summed E-state index contributed by atoms with van der Waals surface area (Å²) in [6.07, 6.45) is 7.71. The first-order valence-electron chi connectivity index (χ1n) is 11.5. The minimum atomic E-state index is -0.974. The Labute approximate surface area is 203 Å². The van der Waals surface area contributed by atoms with E-state index in [9.17, 15) is 9.90 Å². The summed E-state index contributed by atoms with van der Waals surface area (Å²) in [5.41, 5.74) is 3.25. The van der Waals surface area contributed by atoms with E-state index in [1.165, 1.54) is 0 Å². The number of nitrogens with one attached hydrogen (secondary N) is 1. The van der Waals surface area contributed by atoms with Crippen molar-refractivity contribution in [2.24, 2.45) is 0 Å². The van der Waals surface area contributed by atoms with Crippen LogP contribution in [0.2, 0.25) is 0 Å². The minimum absolute atomic E-state index is 0.0581. The number of rotatable bonds is 7. The molecule has 6 nitrogen and oxygen atoms in total. The molecule has 0 atom stereocenters. The number of aryl methyl sites for hydroxylation is 1. The van der Waals surface area contributed by atoms with Gasteiger partial charge in [-0.05, 0) is 24.6 Å². The van der Waals surface area contributed by atoms with Gasteiger partial charge in [-0.3, -0.25) is 4.79 Å². The zero-order valence-corrected chi connectivity index (χ0v) is 19.3. The molecule has 1 aliphatic carbocycles. The van der Waals surface area contributed by atoms with Crippen molar-refractivity contribution in [3.63, 3.8) is 0 Å². The summed E-state index contributed by atoms with van der Waals surface area (Å²) in [5, 5.41) is 17.3. The number of carbonyl (C=O) groups is 1. The monoisotopic (exact) mass is 463 g/mol. The van der Waals surface area contributed by atoms with E-state index < -0.39 is 11.4 Å². The Morgan fingerprint density at radius 1 is 0.971 bits per heavy atom. The predicted molar refractivity (Wildman–Crippen MR) is 136 cm³/mol. The molecular formula is C29H25N3O3. The van der Waals surface area contributed by atoms with Crippen molar-refractivity contribution in [1.29, 1.82) is 0 Å². The Kier molecular flexibility index (Phi) is 6.02. The Morgan fingerprint density at radius 2 is 1.66 bits per heavy atom. The van der Waals surface area contributed by atoms with Crippen molar-refractivity contribution < 1.29 is 14.4 Å². The van der Waals surface area contributed by atoms with E-state index in [1.807, 2.05) is 98.0 Å². The third kappa shape index (κ3) is 4.64. The van der Waals surface area contributed by atoms with Gasteiger partial charge in [-0.2, -0.15) is 0 Å². The number of anilines is 2. The quantitative estimate of drug-likeness (QED) is 0.308. The lowest BCUT2D eigenvalue weighted by Gasteiger charge is -2.28. The van der Waals surface area contributed by atoms with Crippen LogP contribution < -0.4 is 5.32 Å². The predicted octanol–water partition coefficient (Wildman–Crippen LogP) is 6.41. The topological polar surface area (TPSA) is 88.2 Å². The maximum atomic E-state index is 11.9. The first-order chi connectivity index (χ1) is 17.0. The van der Waals surface area contributed by atoms with Crippen LogP contribution in [0.4, 0.5) is 11.5 Å². The lowest BCUT2D eigenvalue weighted by Crippen LogP contribution is -2.27. The number of aromatic nitrogens is 2. The molecular weight excluding hydrogens is 438 g/mol. The molecule has 5 rings (SSSR count). The average Bonchev–Trinajstić information content (AvgIpc) is 3.26. The molecule has 35 heavy (non-hydrogen) atoms. The van der Waals surface area contributed by atoms with Gasteiger partial charge in [0.15, 0.2) is 5.76 Å². The smallest absolute Gasteiger partial charge is 0.305 e. The minimum Gasteiger partial charge on any atom is -0.481 e. The van der Waals surface area contributed by atoms with Gasteiger partial charge in [0.2, 0.25) is 0 Å². The van der Waals surface area contributed by atoms with Crippen molar-refractivity contribution in [2.45, 2.75) is 24.7 Å². The van der Waals surface area contributed by atoms with E-state index in [1.54, 1.807) is 0 Å². The number of carboxylic acid groups (broad SMARTS) is 1. The standard InChI is InChI=1S/C29H25N3O3/c1-20-27(31-25-14-8-13-24(30-25)23-11-6-3-7-12-23)28(35-32-20)29(19-26(33)34)17-15-22(16-18-29)21-9-4-2-5-10-21/h2-18,22H,19H2,1H3,(H,30,31)(H,33,34). The van der Waals surface area contributed by atoms with Crippen LogP contribution in [0.5, 0.6) is 0 Å². The van der Waals surface area contributed by atoms with Crippen LogP contribution in [0.3, 0.4) is 0 Å². The molecule has 2 heterocycles. The number of hydrogen-bond donors (Lipinski definition) is 2. The SMILES string of the molecule is Cc1noc(C2(CC(=O)O)C=CC(c3ccccc3)C=C2)c1Nc1cccc(-c2ccccc2)n1. The molecule has 0 saturated heterocycles. The fourth-order valence-corrected chi connectivity index (χ4v) is 4.40. The Bertz CT molecular complexity index is 1380. The van der Waals surface area contributed by atoms with Crippen molar-refractivity contribution in [1.82, 2.24) is 10.1 Å². The van der Waals surface area contributed by atoms with Gasteiger partial charge >= 0.3 is 5.97 Å². The number of benzene rings is 2. The number of pyridine rings is 1. The highest BCUT2D eigenvalue weighted by Gasteiger charge is 2.39. The molecule has 4 aromatic rings. The summed E-state index contributed by atoms with van der Waals surface area (Å²) < 4.78 is 5.76. The van der Waals surface area contributed by atoms with Crippen molar-refractivity contribution in [3.8, 4) is 11.3 Å². The zero-order valence-electron chi connectivity index (χ0n) is 19.3. The largest absolute Gasteiger partial charge is 0.481 e. The number of hydrogen-bond acceptors (Lipinski definition) is 5. The maximum Gasteiger partial charge on any atom is 0.305 e. The van der Waals surface area contributed by atoms with E-state index in [-0.39, 0.29) is 12.3 Å². The molecule has 0 aliphatic heterocycles. The van der Waals surface area contributed by atoms with Gasteiger partial charge in [0.1, 0.15) is 17.2 Å². The van der Waals surface area contributed by atoms with Gasteiger partial charge in [-0.25, -0.2) is 4.98 Å². The summed E-state index contributed by atoms with van der Waals surface area (Å²) in [6.45, 7) is 1.83. The molecule has 6 heteroatoms. The number of nitrogens with zero attached hydrogens (tertiary/aromatic N) is 2. The normalized spacial score (nSPS) is 18.9. The van der Waals surface area contributed by atoms with Crippen LogP contribution in [-0.4, -0.2) is 21.2 Å². The molecule has 174 valence electrons. The van der Waals surface area contributed by atoms with Gasteiger partial charge in [0.05, 0.1) is 17.5 Å². The summed E-state index contributed by atoms with van der Waals surface area (Å²) in [4.78, 5) is 16.7. The zero-order chi connectivity index (χ0) is 24.3. The molecule has 0 bridgehead atoms. The van der Waals surface area contributed by atoms with Gasteiger partial charge in [0, 0.05) is 11.5 Å².